The van der Waals surface area contributed by atoms with Gasteiger partial charge in [-0.1, -0.05) is 11.6 Å². The van der Waals surface area contributed by atoms with Crippen LogP contribution in [0.2, 0.25) is 5.02 Å². The van der Waals surface area contributed by atoms with Crippen molar-refractivity contribution in [3.05, 3.63) is 16.9 Å². The molecule has 1 heterocycles. The zero-order valence-electron chi connectivity index (χ0n) is 7.12. The summed E-state index contributed by atoms with van der Waals surface area (Å²) in [5.41, 5.74) is -0.597. The van der Waals surface area contributed by atoms with Gasteiger partial charge in [-0.2, -0.15) is 5.10 Å². The summed E-state index contributed by atoms with van der Waals surface area (Å²) >= 11 is 5.43. The van der Waals surface area contributed by atoms with Crippen LogP contribution in [0.25, 0.3) is 0 Å². The Labute approximate surface area is 83.1 Å². The molecule has 1 aromatic heterocycles. The maximum absolute atomic E-state index is 12.2. The van der Waals surface area contributed by atoms with Crippen LogP contribution in [0.4, 0.5) is 8.78 Å². The van der Waals surface area contributed by atoms with Crippen molar-refractivity contribution in [2.75, 3.05) is 0 Å². The molecule has 1 aromatic rings. The van der Waals surface area contributed by atoms with Crippen molar-refractivity contribution in [1.82, 2.24) is 9.78 Å². The highest BCUT2D eigenvalue weighted by Gasteiger charge is 2.21. The lowest BCUT2D eigenvalue weighted by atomic mass is 10.4. The molecule has 0 amide bonds. The van der Waals surface area contributed by atoms with Crippen LogP contribution >= 0.6 is 11.6 Å². The van der Waals surface area contributed by atoms with E-state index >= 15 is 0 Å². The first-order valence-corrected chi connectivity index (χ1v) is 4.06. The molecule has 0 aliphatic rings. The van der Waals surface area contributed by atoms with E-state index in [0.29, 0.717) is 0 Å². The number of halogens is 3. The number of aromatic nitrogens is 2. The molecule has 0 aliphatic heterocycles. The summed E-state index contributed by atoms with van der Waals surface area (Å²) in [4.78, 5) is 10.5. The number of hydrogen-bond donors (Lipinski definition) is 1. The summed E-state index contributed by atoms with van der Waals surface area (Å²) in [7, 11) is 0. The number of carbonyl (C=O) groups is 1. The van der Waals surface area contributed by atoms with Gasteiger partial charge in [-0.05, 0) is 6.92 Å². The smallest absolute Gasteiger partial charge is 0.328 e. The fraction of sp³-hybridized carbons (Fsp3) is 0.429. The predicted octanol–water partition coefficient (Wildman–Crippen LogP) is 2.12. The summed E-state index contributed by atoms with van der Waals surface area (Å²) in [5, 5.41) is 11.7. The molecule has 0 fully saturated rings. The van der Waals surface area contributed by atoms with Crippen molar-refractivity contribution in [2.24, 2.45) is 0 Å². The molecule has 4 nitrogen and oxygen atoms in total. The maximum Gasteiger partial charge on any atom is 0.328 e. The maximum atomic E-state index is 12.2. The van der Waals surface area contributed by atoms with Crippen LogP contribution in [-0.4, -0.2) is 20.9 Å². The molecule has 0 aliphatic carbocycles. The molecule has 1 N–H and O–H groups in total. The van der Waals surface area contributed by atoms with Gasteiger partial charge in [0.25, 0.3) is 6.43 Å². The lowest BCUT2D eigenvalue weighted by Gasteiger charge is -2.04. The van der Waals surface area contributed by atoms with E-state index in [1.807, 2.05) is 0 Å². The lowest BCUT2D eigenvalue weighted by molar-refractivity contribution is -0.140. The Bertz CT molecular complexity index is 353. The third-order valence-corrected chi connectivity index (χ3v) is 1.97. The zero-order valence-corrected chi connectivity index (χ0v) is 7.87. The second-order valence-corrected chi connectivity index (χ2v) is 3.06. The molecular formula is C7H7ClF2N2O2. The van der Waals surface area contributed by atoms with Gasteiger partial charge >= 0.3 is 5.97 Å². The van der Waals surface area contributed by atoms with Crippen LogP contribution in [0, 0.1) is 0 Å². The van der Waals surface area contributed by atoms with Crippen molar-refractivity contribution in [3.63, 3.8) is 0 Å². The Morgan fingerprint density at radius 1 is 1.71 bits per heavy atom. The van der Waals surface area contributed by atoms with E-state index < -0.39 is 24.1 Å². The monoisotopic (exact) mass is 224 g/mol. The molecule has 0 bridgehead atoms. The van der Waals surface area contributed by atoms with Crippen LogP contribution in [0.15, 0.2) is 6.20 Å². The Hall–Kier alpha value is -1.17. The third kappa shape index (κ3) is 2.01. The van der Waals surface area contributed by atoms with E-state index in [1.54, 1.807) is 0 Å². The quantitative estimate of drug-likeness (QED) is 0.856. The normalized spacial score (nSPS) is 13.2. The molecule has 0 radical (unpaired) electrons. The van der Waals surface area contributed by atoms with Crippen molar-refractivity contribution in [3.8, 4) is 0 Å². The Morgan fingerprint density at radius 3 is 2.64 bits per heavy atom. The van der Waals surface area contributed by atoms with Crippen molar-refractivity contribution in [1.29, 1.82) is 0 Å². The van der Waals surface area contributed by atoms with Gasteiger partial charge in [0.15, 0.2) is 0 Å². The minimum atomic E-state index is -2.80. The number of rotatable bonds is 3. The first-order chi connectivity index (χ1) is 6.43. The number of carboxylic acids is 1. The van der Waals surface area contributed by atoms with E-state index in [4.69, 9.17) is 16.7 Å². The summed E-state index contributed by atoms with van der Waals surface area (Å²) in [6, 6.07) is -1.01. The number of alkyl halides is 2. The standard InChI is InChI=1S/C7H7ClF2N2O2/c1-3(7(13)14)12-2-4(8)5(11-12)6(9)10/h2-3,6H,1H3,(H,13,14)/t3-/m0/s1. The van der Waals surface area contributed by atoms with Crippen molar-refractivity contribution >= 4 is 17.6 Å². The fourth-order valence-corrected chi connectivity index (χ4v) is 1.06. The highest BCUT2D eigenvalue weighted by Crippen LogP contribution is 2.26. The van der Waals surface area contributed by atoms with E-state index in [2.05, 4.69) is 5.10 Å². The van der Waals surface area contributed by atoms with Gasteiger partial charge < -0.3 is 5.11 Å². The second kappa shape index (κ2) is 3.91. The number of nitrogens with zero attached hydrogens (tertiary/aromatic N) is 2. The van der Waals surface area contributed by atoms with E-state index in [1.165, 1.54) is 6.92 Å². The first kappa shape index (κ1) is 10.9. The molecule has 0 unspecified atom stereocenters. The Balaban J connectivity index is 3.02. The highest BCUT2D eigenvalue weighted by molar-refractivity contribution is 6.31. The molecular weight excluding hydrogens is 218 g/mol. The van der Waals surface area contributed by atoms with Gasteiger partial charge in [0.2, 0.25) is 0 Å². The van der Waals surface area contributed by atoms with E-state index in [-0.39, 0.29) is 5.02 Å². The molecule has 0 spiro atoms. The molecule has 0 aromatic carbocycles. The summed E-state index contributed by atoms with van der Waals surface area (Å²) in [6.45, 7) is 1.32. The highest BCUT2D eigenvalue weighted by atomic mass is 35.5. The van der Waals surface area contributed by atoms with Crippen LogP contribution < -0.4 is 0 Å². The first-order valence-electron chi connectivity index (χ1n) is 3.69. The molecule has 7 heteroatoms. The summed E-state index contributed by atoms with van der Waals surface area (Å²) < 4.78 is 25.3. The minimum Gasteiger partial charge on any atom is -0.480 e. The molecule has 14 heavy (non-hydrogen) atoms. The largest absolute Gasteiger partial charge is 0.480 e. The second-order valence-electron chi connectivity index (χ2n) is 2.66. The average molecular weight is 225 g/mol. The molecule has 1 rings (SSSR count). The summed E-state index contributed by atoms with van der Waals surface area (Å²) in [6.07, 6.45) is -1.73. The number of aliphatic carboxylic acids is 1. The van der Waals surface area contributed by atoms with Gasteiger partial charge in [-0.25, -0.2) is 13.6 Å². The zero-order chi connectivity index (χ0) is 10.9. The molecule has 1 atom stereocenters. The third-order valence-electron chi connectivity index (χ3n) is 1.67. The SMILES string of the molecule is C[C@@H](C(=O)O)n1cc(Cl)c(C(F)F)n1. The number of carboxylic acid groups (broad SMARTS) is 1. The topological polar surface area (TPSA) is 55.1 Å². The van der Waals surface area contributed by atoms with Crippen LogP contribution in [0.5, 0.6) is 0 Å². The van der Waals surface area contributed by atoms with Gasteiger partial charge in [-0.3, -0.25) is 4.68 Å². The van der Waals surface area contributed by atoms with Crippen LogP contribution in [0.3, 0.4) is 0 Å². The van der Waals surface area contributed by atoms with E-state index in [9.17, 15) is 13.6 Å². The Morgan fingerprint density at radius 2 is 2.29 bits per heavy atom. The van der Waals surface area contributed by atoms with Crippen LogP contribution in [0.1, 0.15) is 25.1 Å². The van der Waals surface area contributed by atoms with Gasteiger partial charge in [0, 0.05) is 6.20 Å². The Kier molecular flexibility index (Phi) is 3.05. The molecule has 78 valence electrons. The molecule has 0 saturated carbocycles. The molecule has 0 saturated heterocycles. The summed E-state index contributed by atoms with van der Waals surface area (Å²) in [5.74, 6) is -1.16. The lowest BCUT2D eigenvalue weighted by Crippen LogP contribution is -2.16. The van der Waals surface area contributed by atoms with Crippen LogP contribution in [-0.2, 0) is 4.79 Å². The minimum absolute atomic E-state index is 0.229. The van der Waals surface area contributed by atoms with Gasteiger partial charge in [-0.15, -0.1) is 0 Å². The average Bonchev–Trinajstić information content (AvgIpc) is 2.45. The van der Waals surface area contributed by atoms with E-state index in [0.717, 1.165) is 10.9 Å². The van der Waals surface area contributed by atoms with Gasteiger partial charge in [0.1, 0.15) is 11.7 Å². The van der Waals surface area contributed by atoms with Crippen molar-refractivity contribution < 1.29 is 18.7 Å². The van der Waals surface area contributed by atoms with Gasteiger partial charge in [0.05, 0.1) is 5.02 Å². The number of hydrogen-bond acceptors (Lipinski definition) is 2. The fourth-order valence-electron chi connectivity index (χ4n) is 0.843. The van der Waals surface area contributed by atoms with Crippen molar-refractivity contribution in [2.45, 2.75) is 19.4 Å². The predicted molar refractivity (Wildman–Crippen MR) is 44.5 cm³/mol.